The predicted molar refractivity (Wildman–Crippen MR) is 73.7 cm³/mol. The molecular weight excluding hydrogens is 210 g/mol. The Balaban J connectivity index is 1.86. The van der Waals surface area contributed by atoms with Crippen LogP contribution < -0.4 is 0 Å². The summed E-state index contributed by atoms with van der Waals surface area (Å²) in [6, 6.07) is 0. The molecule has 96 valence electrons. The highest BCUT2D eigenvalue weighted by molar-refractivity contribution is 5.90. The van der Waals surface area contributed by atoms with Gasteiger partial charge in [-0.1, -0.05) is 20.8 Å². The summed E-state index contributed by atoms with van der Waals surface area (Å²) in [7, 11) is 0. The van der Waals surface area contributed by atoms with Crippen molar-refractivity contribution in [2.75, 3.05) is 19.6 Å². The molecule has 0 aromatic carbocycles. The van der Waals surface area contributed by atoms with Crippen LogP contribution in [0.3, 0.4) is 0 Å². The summed E-state index contributed by atoms with van der Waals surface area (Å²) in [5, 5.41) is 0. The Morgan fingerprint density at radius 1 is 1.35 bits per heavy atom. The van der Waals surface area contributed by atoms with Gasteiger partial charge in [-0.15, -0.1) is 0 Å². The molecule has 2 aliphatic heterocycles. The lowest BCUT2D eigenvalue weighted by Crippen LogP contribution is -2.40. The standard InChI is InChI=1S/C14H25N3/c1-4-12-9-15-14(16-10-12)17-7-5-13(6-8-17)11(2)3/h9,11-13H,4-8,10H2,1-3H3. The lowest BCUT2D eigenvalue weighted by Gasteiger charge is -2.35. The Morgan fingerprint density at radius 3 is 2.53 bits per heavy atom. The van der Waals surface area contributed by atoms with Crippen molar-refractivity contribution in [1.82, 2.24) is 4.90 Å². The zero-order valence-corrected chi connectivity index (χ0v) is 11.4. The van der Waals surface area contributed by atoms with Crippen LogP contribution in [0.15, 0.2) is 9.98 Å². The summed E-state index contributed by atoms with van der Waals surface area (Å²) in [6.07, 6.45) is 5.83. The molecule has 0 bridgehead atoms. The first kappa shape index (κ1) is 12.6. The lowest BCUT2D eigenvalue weighted by molar-refractivity contribution is 0.218. The van der Waals surface area contributed by atoms with Crippen molar-refractivity contribution in [2.45, 2.75) is 40.0 Å². The summed E-state index contributed by atoms with van der Waals surface area (Å²) in [5.74, 6) is 3.25. The number of aliphatic imine (C=N–C) groups is 2. The number of guanidine groups is 1. The van der Waals surface area contributed by atoms with Crippen LogP contribution in [0.25, 0.3) is 0 Å². The van der Waals surface area contributed by atoms with Gasteiger partial charge >= 0.3 is 0 Å². The molecule has 0 saturated carbocycles. The van der Waals surface area contributed by atoms with Gasteiger partial charge in [0.15, 0.2) is 0 Å². The monoisotopic (exact) mass is 235 g/mol. The fourth-order valence-electron chi connectivity index (χ4n) is 2.64. The Hall–Kier alpha value is -0.860. The van der Waals surface area contributed by atoms with Gasteiger partial charge in [0.05, 0.1) is 6.54 Å². The SMILES string of the molecule is CCC1C=NC(N2CCC(C(C)C)CC2)=NC1. The van der Waals surface area contributed by atoms with Crippen molar-refractivity contribution < 1.29 is 0 Å². The van der Waals surface area contributed by atoms with Gasteiger partial charge < -0.3 is 4.90 Å². The highest BCUT2D eigenvalue weighted by atomic mass is 15.3. The first-order chi connectivity index (χ1) is 8.20. The maximum Gasteiger partial charge on any atom is 0.220 e. The van der Waals surface area contributed by atoms with Crippen molar-refractivity contribution in [3.8, 4) is 0 Å². The summed E-state index contributed by atoms with van der Waals surface area (Å²) < 4.78 is 0. The van der Waals surface area contributed by atoms with Crippen molar-refractivity contribution in [2.24, 2.45) is 27.7 Å². The average Bonchev–Trinajstić information content (AvgIpc) is 2.39. The fourth-order valence-corrected chi connectivity index (χ4v) is 2.64. The summed E-state index contributed by atoms with van der Waals surface area (Å²) >= 11 is 0. The number of hydrogen-bond donors (Lipinski definition) is 0. The predicted octanol–water partition coefficient (Wildman–Crippen LogP) is 2.82. The third-order valence-corrected chi connectivity index (χ3v) is 4.16. The maximum absolute atomic E-state index is 4.62. The first-order valence-corrected chi connectivity index (χ1v) is 7.04. The largest absolute Gasteiger partial charge is 0.341 e. The third kappa shape index (κ3) is 3.08. The normalized spacial score (nSPS) is 26.5. The van der Waals surface area contributed by atoms with Crippen molar-refractivity contribution >= 4 is 12.2 Å². The number of nitrogens with zero attached hydrogens (tertiary/aromatic N) is 3. The fraction of sp³-hybridized carbons (Fsp3) is 0.857. The molecule has 0 aromatic rings. The van der Waals surface area contributed by atoms with E-state index in [1.165, 1.54) is 12.8 Å². The van der Waals surface area contributed by atoms with Gasteiger partial charge in [-0.05, 0) is 31.1 Å². The molecule has 0 aromatic heterocycles. The molecule has 3 nitrogen and oxygen atoms in total. The van der Waals surface area contributed by atoms with Gasteiger partial charge in [0, 0.05) is 25.2 Å². The van der Waals surface area contributed by atoms with E-state index in [0.29, 0.717) is 5.92 Å². The van der Waals surface area contributed by atoms with E-state index >= 15 is 0 Å². The van der Waals surface area contributed by atoms with Crippen LogP contribution >= 0.6 is 0 Å². The molecule has 0 amide bonds. The molecule has 3 heteroatoms. The quantitative estimate of drug-likeness (QED) is 0.723. The number of hydrogen-bond acceptors (Lipinski definition) is 3. The molecule has 1 atom stereocenters. The summed E-state index contributed by atoms with van der Waals surface area (Å²) in [4.78, 5) is 11.5. The van der Waals surface area contributed by atoms with Gasteiger partial charge in [0.2, 0.25) is 5.96 Å². The van der Waals surface area contributed by atoms with E-state index in [-0.39, 0.29) is 0 Å². The zero-order chi connectivity index (χ0) is 12.3. The highest BCUT2D eigenvalue weighted by Crippen LogP contribution is 2.25. The maximum atomic E-state index is 4.62. The molecule has 1 fully saturated rings. The van der Waals surface area contributed by atoms with E-state index in [4.69, 9.17) is 0 Å². The number of piperidine rings is 1. The molecule has 0 aliphatic carbocycles. The second-order valence-corrected chi connectivity index (χ2v) is 5.66. The van der Waals surface area contributed by atoms with E-state index in [0.717, 1.165) is 43.9 Å². The highest BCUT2D eigenvalue weighted by Gasteiger charge is 2.24. The molecule has 0 spiro atoms. The molecule has 1 saturated heterocycles. The first-order valence-electron chi connectivity index (χ1n) is 7.04. The van der Waals surface area contributed by atoms with Crippen molar-refractivity contribution in [1.29, 1.82) is 0 Å². The van der Waals surface area contributed by atoms with Crippen LogP contribution in [-0.4, -0.2) is 36.7 Å². The topological polar surface area (TPSA) is 28.0 Å². The molecule has 1 unspecified atom stereocenters. The van der Waals surface area contributed by atoms with E-state index in [9.17, 15) is 0 Å². The molecule has 2 aliphatic rings. The molecule has 0 radical (unpaired) electrons. The van der Waals surface area contributed by atoms with Crippen LogP contribution in [0.1, 0.15) is 40.0 Å². The lowest BCUT2D eigenvalue weighted by atomic mass is 9.87. The van der Waals surface area contributed by atoms with Crippen LogP contribution in [0, 0.1) is 17.8 Å². The third-order valence-electron chi connectivity index (χ3n) is 4.16. The molecule has 0 N–H and O–H groups in total. The van der Waals surface area contributed by atoms with Crippen LogP contribution in [-0.2, 0) is 0 Å². The van der Waals surface area contributed by atoms with Gasteiger partial charge in [-0.25, -0.2) is 4.99 Å². The number of likely N-dealkylation sites (tertiary alicyclic amines) is 1. The van der Waals surface area contributed by atoms with Crippen molar-refractivity contribution in [3.63, 3.8) is 0 Å². The van der Waals surface area contributed by atoms with E-state index in [2.05, 4.69) is 41.9 Å². The van der Waals surface area contributed by atoms with Gasteiger partial charge in [0.25, 0.3) is 0 Å². The molecule has 2 heterocycles. The van der Waals surface area contributed by atoms with E-state index < -0.39 is 0 Å². The van der Waals surface area contributed by atoms with Gasteiger partial charge in [-0.2, -0.15) is 0 Å². The average molecular weight is 235 g/mol. The second kappa shape index (κ2) is 5.65. The number of rotatable bonds is 2. The van der Waals surface area contributed by atoms with Crippen LogP contribution in [0.4, 0.5) is 0 Å². The summed E-state index contributed by atoms with van der Waals surface area (Å²) in [6.45, 7) is 10.1. The summed E-state index contributed by atoms with van der Waals surface area (Å²) in [5.41, 5.74) is 0. The van der Waals surface area contributed by atoms with Crippen LogP contribution in [0.5, 0.6) is 0 Å². The zero-order valence-electron chi connectivity index (χ0n) is 11.4. The van der Waals surface area contributed by atoms with Gasteiger partial charge in [-0.3, -0.25) is 4.99 Å². The van der Waals surface area contributed by atoms with Crippen molar-refractivity contribution in [3.05, 3.63) is 0 Å². The van der Waals surface area contributed by atoms with Crippen LogP contribution in [0.2, 0.25) is 0 Å². The minimum atomic E-state index is 0.562. The van der Waals surface area contributed by atoms with E-state index in [1.807, 2.05) is 0 Å². The van der Waals surface area contributed by atoms with E-state index in [1.54, 1.807) is 0 Å². The minimum absolute atomic E-state index is 0.562. The molecule has 2 rings (SSSR count). The smallest absolute Gasteiger partial charge is 0.220 e. The minimum Gasteiger partial charge on any atom is -0.341 e. The molecular formula is C14H25N3. The second-order valence-electron chi connectivity index (χ2n) is 5.66. The Morgan fingerprint density at radius 2 is 2.06 bits per heavy atom. The Kier molecular flexibility index (Phi) is 4.19. The molecule has 17 heavy (non-hydrogen) atoms. The van der Waals surface area contributed by atoms with Gasteiger partial charge in [0.1, 0.15) is 0 Å². The Labute approximate surface area is 105 Å². The Bertz CT molecular complexity index is 299.